The number of halogens is 1. The fourth-order valence-electron chi connectivity index (χ4n) is 3.23. The number of amides is 2. The van der Waals surface area contributed by atoms with Crippen LogP contribution in [-0.4, -0.2) is 67.6 Å². The van der Waals surface area contributed by atoms with Crippen LogP contribution in [0.25, 0.3) is 0 Å². The first-order chi connectivity index (χ1) is 14.0. The van der Waals surface area contributed by atoms with E-state index in [0.29, 0.717) is 13.0 Å². The van der Waals surface area contributed by atoms with Crippen LogP contribution < -0.4 is 20.5 Å². The lowest BCUT2D eigenvalue weighted by Crippen LogP contribution is -2.50. The maximum Gasteiger partial charge on any atom is 0.410 e. The highest BCUT2D eigenvalue weighted by Gasteiger charge is 2.33. The number of likely N-dealkylation sites (tertiary alicyclic amines) is 1. The van der Waals surface area contributed by atoms with Gasteiger partial charge in [-0.1, -0.05) is 11.6 Å². The number of nitrogens with one attached hydrogen (secondary N) is 1. The molecule has 0 radical (unpaired) electrons. The zero-order chi connectivity index (χ0) is 22.6. The summed E-state index contributed by atoms with van der Waals surface area (Å²) in [7, 11) is 2.80. The molecule has 2 atom stereocenters. The number of hydrogen-bond donors (Lipinski definition) is 3. The van der Waals surface area contributed by atoms with E-state index in [0.717, 1.165) is 0 Å². The molecule has 9 nitrogen and oxygen atoms in total. The van der Waals surface area contributed by atoms with E-state index in [2.05, 4.69) is 5.32 Å². The van der Waals surface area contributed by atoms with Crippen LogP contribution in [0.1, 0.15) is 37.6 Å². The Morgan fingerprint density at radius 3 is 2.47 bits per heavy atom. The molecule has 30 heavy (non-hydrogen) atoms. The van der Waals surface area contributed by atoms with E-state index >= 15 is 0 Å². The summed E-state index contributed by atoms with van der Waals surface area (Å²) in [5, 5.41) is 13.4. The summed E-state index contributed by atoms with van der Waals surface area (Å²) in [6, 6.07) is 1.41. The molecule has 168 valence electrons. The first kappa shape index (κ1) is 23.9. The van der Waals surface area contributed by atoms with Crippen molar-refractivity contribution in [3.63, 3.8) is 0 Å². The first-order valence-corrected chi connectivity index (χ1v) is 10.0. The van der Waals surface area contributed by atoms with Gasteiger partial charge in [-0.05, 0) is 33.3 Å². The number of carbonyl (C=O) groups excluding carboxylic acids is 2. The lowest BCUT2D eigenvalue weighted by Gasteiger charge is -2.36. The third-order valence-corrected chi connectivity index (χ3v) is 5.09. The highest BCUT2D eigenvalue weighted by atomic mass is 35.5. The van der Waals surface area contributed by atoms with Crippen molar-refractivity contribution in [3.05, 3.63) is 16.7 Å². The number of anilines is 1. The van der Waals surface area contributed by atoms with Gasteiger partial charge < -0.3 is 35.3 Å². The summed E-state index contributed by atoms with van der Waals surface area (Å²) < 4.78 is 15.8. The Bertz CT molecular complexity index is 796. The van der Waals surface area contributed by atoms with E-state index in [1.807, 2.05) is 0 Å². The number of carbonyl (C=O) groups is 2. The zero-order valence-electron chi connectivity index (χ0n) is 18.0. The van der Waals surface area contributed by atoms with Crippen molar-refractivity contribution in [1.82, 2.24) is 10.2 Å². The minimum atomic E-state index is -0.794. The van der Waals surface area contributed by atoms with Gasteiger partial charge in [0, 0.05) is 19.0 Å². The van der Waals surface area contributed by atoms with Crippen LogP contribution in [0.5, 0.6) is 11.5 Å². The van der Waals surface area contributed by atoms with Crippen molar-refractivity contribution in [2.45, 2.75) is 38.9 Å². The number of nitrogens with two attached hydrogens (primary N) is 1. The molecule has 1 saturated heterocycles. The molecule has 0 saturated carbocycles. The van der Waals surface area contributed by atoms with Crippen LogP contribution in [0.15, 0.2) is 6.07 Å². The minimum Gasteiger partial charge on any atom is -0.492 e. The highest BCUT2D eigenvalue weighted by molar-refractivity contribution is 6.34. The molecule has 0 spiro atoms. The van der Waals surface area contributed by atoms with E-state index in [1.54, 1.807) is 20.8 Å². The average Bonchev–Trinajstić information content (AvgIpc) is 2.66. The predicted molar refractivity (Wildman–Crippen MR) is 113 cm³/mol. The molecule has 2 amide bonds. The van der Waals surface area contributed by atoms with Gasteiger partial charge in [-0.2, -0.15) is 0 Å². The van der Waals surface area contributed by atoms with Crippen molar-refractivity contribution >= 4 is 29.3 Å². The molecule has 4 N–H and O–H groups in total. The van der Waals surface area contributed by atoms with E-state index in [-0.39, 0.29) is 46.8 Å². The number of nitrogens with zero attached hydrogens (tertiary/aromatic N) is 1. The molecule has 2 rings (SSSR count). The van der Waals surface area contributed by atoms with Crippen LogP contribution in [0.2, 0.25) is 5.02 Å². The number of β-amino-alcohol motifs (C(OH)–C–C–N with tert-alkyl or cyclic N) is 1. The monoisotopic (exact) mass is 443 g/mol. The van der Waals surface area contributed by atoms with E-state index in [9.17, 15) is 14.7 Å². The van der Waals surface area contributed by atoms with Crippen LogP contribution in [0, 0.1) is 5.92 Å². The second-order valence-corrected chi connectivity index (χ2v) is 8.55. The Morgan fingerprint density at radius 1 is 1.30 bits per heavy atom. The fourth-order valence-corrected chi connectivity index (χ4v) is 3.42. The van der Waals surface area contributed by atoms with Crippen LogP contribution in [0.4, 0.5) is 10.5 Å². The number of piperidine rings is 1. The van der Waals surface area contributed by atoms with Crippen LogP contribution in [-0.2, 0) is 4.74 Å². The molecule has 0 aromatic heterocycles. The molecule has 1 aliphatic heterocycles. The second kappa shape index (κ2) is 9.61. The normalized spacial score (nSPS) is 19.2. The summed E-state index contributed by atoms with van der Waals surface area (Å²) in [6.07, 6.45) is -0.737. The number of nitrogen functional groups attached to an aromatic ring is 1. The average molecular weight is 444 g/mol. The SMILES string of the molecule is COc1c(C(=O)NC[C@H]2CCN(C(=O)OC(C)(C)C)C[C@@H]2O)cc(Cl)c(N)c1OC. The number of hydrogen-bond acceptors (Lipinski definition) is 7. The van der Waals surface area contributed by atoms with Crippen molar-refractivity contribution in [1.29, 1.82) is 0 Å². The summed E-state index contributed by atoms with van der Waals surface area (Å²) in [5.74, 6) is -0.295. The van der Waals surface area contributed by atoms with Gasteiger partial charge in [0.1, 0.15) is 5.60 Å². The van der Waals surface area contributed by atoms with Crippen molar-refractivity contribution in [2.75, 3.05) is 39.6 Å². The van der Waals surface area contributed by atoms with Gasteiger partial charge in [0.05, 0.1) is 43.1 Å². The Balaban J connectivity index is 2.01. The quantitative estimate of drug-likeness (QED) is 0.596. The standard InChI is InChI=1S/C20H30ClN3O6/c1-20(2,3)30-19(27)24-7-6-11(14(25)10-24)9-23-18(26)12-8-13(21)15(22)17(29-5)16(12)28-4/h8,11,14,25H,6-7,9-10,22H2,1-5H3,(H,23,26)/t11-,14+/m1/s1. The zero-order valence-corrected chi connectivity index (χ0v) is 18.7. The summed E-state index contributed by atoms with van der Waals surface area (Å²) in [6.45, 7) is 6.15. The van der Waals surface area contributed by atoms with E-state index < -0.39 is 23.7 Å². The maximum absolute atomic E-state index is 12.7. The largest absolute Gasteiger partial charge is 0.492 e. The summed E-state index contributed by atoms with van der Waals surface area (Å²) >= 11 is 6.10. The number of benzene rings is 1. The van der Waals surface area contributed by atoms with Crippen molar-refractivity contribution in [3.8, 4) is 11.5 Å². The summed E-state index contributed by atoms with van der Waals surface area (Å²) in [4.78, 5) is 26.4. The molecule has 1 fully saturated rings. The van der Waals surface area contributed by atoms with Gasteiger partial charge in [-0.25, -0.2) is 4.79 Å². The number of rotatable bonds is 5. The first-order valence-electron chi connectivity index (χ1n) is 9.62. The molecule has 1 aliphatic rings. The third kappa shape index (κ3) is 5.60. The Kier molecular flexibility index (Phi) is 7.65. The number of methoxy groups -OCH3 is 2. The van der Waals surface area contributed by atoms with Crippen LogP contribution >= 0.6 is 11.6 Å². The Morgan fingerprint density at radius 2 is 1.93 bits per heavy atom. The fraction of sp³-hybridized carbons (Fsp3) is 0.600. The highest BCUT2D eigenvalue weighted by Crippen LogP contribution is 2.41. The van der Waals surface area contributed by atoms with Crippen molar-refractivity contribution in [2.24, 2.45) is 5.92 Å². The van der Waals surface area contributed by atoms with Gasteiger partial charge in [-0.15, -0.1) is 0 Å². The maximum atomic E-state index is 12.7. The van der Waals surface area contributed by atoms with Crippen LogP contribution in [0.3, 0.4) is 0 Å². The summed E-state index contributed by atoms with van der Waals surface area (Å²) in [5.41, 5.74) is 5.63. The van der Waals surface area contributed by atoms with Crippen molar-refractivity contribution < 1.29 is 28.9 Å². The second-order valence-electron chi connectivity index (χ2n) is 8.14. The van der Waals surface area contributed by atoms with Gasteiger partial charge in [-0.3, -0.25) is 4.79 Å². The third-order valence-electron chi connectivity index (χ3n) is 4.77. The molecule has 1 heterocycles. The van der Waals surface area contributed by atoms with Gasteiger partial charge in [0.15, 0.2) is 11.5 Å². The van der Waals surface area contributed by atoms with Gasteiger partial charge in [0.25, 0.3) is 5.91 Å². The molecule has 0 unspecified atom stereocenters. The molecular weight excluding hydrogens is 414 g/mol. The topological polar surface area (TPSA) is 123 Å². The lowest BCUT2D eigenvalue weighted by molar-refractivity contribution is -0.0122. The Hall–Kier alpha value is -2.39. The predicted octanol–water partition coefficient (Wildman–Crippen LogP) is 2.29. The molecule has 1 aromatic carbocycles. The van der Waals surface area contributed by atoms with Gasteiger partial charge >= 0.3 is 6.09 Å². The van der Waals surface area contributed by atoms with E-state index in [1.165, 1.54) is 25.2 Å². The molecular formula is C20H30ClN3O6. The number of aliphatic hydroxyl groups excluding tert-OH is 1. The molecule has 0 bridgehead atoms. The van der Waals surface area contributed by atoms with Gasteiger partial charge in [0.2, 0.25) is 0 Å². The number of ether oxygens (including phenoxy) is 3. The molecule has 10 heteroatoms. The lowest BCUT2D eigenvalue weighted by atomic mass is 9.94. The smallest absolute Gasteiger partial charge is 0.410 e. The van der Waals surface area contributed by atoms with E-state index in [4.69, 9.17) is 31.5 Å². The number of aliphatic hydroxyl groups is 1. The minimum absolute atomic E-state index is 0.139. The Labute approximate surface area is 181 Å². The molecule has 1 aromatic rings. The molecule has 0 aliphatic carbocycles.